The summed E-state index contributed by atoms with van der Waals surface area (Å²) >= 11 is 0. The number of methoxy groups -OCH3 is 1. The maximum Gasteiger partial charge on any atom is 0.330 e. The standard InChI is InChI=1S/C22H23N3O5/c1-30-22(27)10-8-16-7-9-19(20(13-16)25(28)29)23-14-17-4-2-5-18(12-17)15-24-11-3-6-21(24)26/h2,4-5,7-10,12-13,23H,3,6,11,14-15H2,1H3/b10-8+. The summed E-state index contributed by atoms with van der Waals surface area (Å²) in [6.07, 6.45) is 4.18. The van der Waals surface area contributed by atoms with Gasteiger partial charge in [0.15, 0.2) is 0 Å². The van der Waals surface area contributed by atoms with Crippen LogP contribution in [0, 0.1) is 10.1 Å². The molecule has 156 valence electrons. The first-order valence-electron chi connectivity index (χ1n) is 9.60. The van der Waals surface area contributed by atoms with Gasteiger partial charge in [-0.05, 0) is 35.3 Å². The first-order chi connectivity index (χ1) is 14.5. The Morgan fingerprint density at radius 3 is 2.77 bits per heavy atom. The number of nitrogens with zero attached hydrogens (tertiary/aromatic N) is 2. The van der Waals surface area contributed by atoms with E-state index < -0.39 is 10.9 Å². The summed E-state index contributed by atoms with van der Waals surface area (Å²) in [6.45, 7) is 1.76. The SMILES string of the molecule is COC(=O)/C=C/c1ccc(NCc2cccc(CN3CCCC3=O)c2)c([N+](=O)[O-])c1. The molecular weight excluding hydrogens is 386 g/mol. The van der Waals surface area contributed by atoms with Gasteiger partial charge in [-0.2, -0.15) is 0 Å². The van der Waals surface area contributed by atoms with Gasteiger partial charge >= 0.3 is 5.97 Å². The molecule has 0 bridgehead atoms. The van der Waals surface area contributed by atoms with Crippen LogP contribution in [0.25, 0.3) is 6.08 Å². The number of rotatable bonds is 8. The second-order valence-corrected chi connectivity index (χ2v) is 6.98. The van der Waals surface area contributed by atoms with Crippen LogP contribution in [0.3, 0.4) is 0 Å². The van der Waals surface area contributed by atoms with Gasteiger partial charge in [-0.25, -0.2) is 4.79 Å². The zero-order valence-corrected chi connectivity index (χ0v) is 16.7. The molecule has 0 saturated carbocycles. The Morgan fingerprint density at radius 1 is 1.27 bits per heavy atom. The predicted molar refractivity (Wildman–Crippen MR) is 113 cm³/mol. The molecule has 1 saturated heterocycles. The van der Waals surface area contributed by atoms with E-state index in [0.29, 0.717) is 30.8 Å². The highest BCUT2D eigenvalue weighted by molar-refractivity contribution is 5.87. The Kier molecular flexibility index (Phi) is 6.79. The van der Waals surface area contributed by atoms with Gasteiger partial charge in [-0.1, -0.05) is 30.3 Å². The third kappa shape index (κ3) is 5.44. The lowest BCUT2D eigenvalue weighted by atomic mass is 10.1. The molecule has 2 aromatic carbocycles. The van der Waals surface area contributed by atoms with Gasteiger partial charge in [0.2, 0.25) is 5.91 Å². The predicted octanol–water partition coefficient (Wildman–Crippen LogP) is 3.52. The summed E-state index contributed by atoms with van der Waals surface area (Å²) in [5.74, 6) is -0.356. The highest BCUT2D eigenvalue weighted by atomic mass is 16.6. The number of nitrogens with one attached hydrogen (secondary N) is 1. The monoisotopic (exact) mass is 409 g/mol. The van der Waals surface area contributed by atoms with Crippen LogP contribution in [-0.4, -0.2) is 35.4 Å². The van der Waals surface area contributed by atoms with Crippen LogP contribution in [0.5, 0.6) is 0 Å². The molecule has 2 aromatic rings. The molecule has 1 heterocycles. The van der Waals surface area contributed by atoms with Crippen molar-refractivity contribution in [1.29, 1.82) is 0 Å². The molecule has 0 aliphatic carbocycles. The second-order valence-electron chi connectivity index (χ2n) is 6.98. The number of nitro groups is 1. The fourth-order valence-electron chi connectivity index (χ4n) is 3.31. The van der Waals surface area contributed by atoms with Crippen molar-refractivity contribution in [3.63, 3.8) is 0 Å². The summed E-state index contributed by atoms with van der Waals surface area (Å²) in [7, 11) is 1.26. The smallest absolute Gasteiger partial charge is 0.330 e. The minimum atomic E-state index is -0.532. The van der Waals surface area contributed by atoms with E-state index in [1.807, 2.05) is 29.2 Å². The van der Waals surface area contributed by atoms with Gasteiger partial charge in [0.05, 0.1) is 12.0 Å². The Bertz CT molecular complexity index is 986. The number of anilines is 1. The van der Waals surface area contributed by atoms with Crippen LogP contribution in [0.2, 0.25) is 0 Å². The molecule has 1 aliphatic heterocycles. The molecule has 0 atom stereocenters. The normalized spacial score (nSPS) is 13.6. The van der Waals surface area contributed by atoms with E-state index in [9.17, 15) is 19.7 Å². The highest BCUT2D eigenvalue weighted by Crippen LogP contribution is 2.27. The summed E-state index contributed by atoms with van der Waals surface area (Å²) in [5, 5.41) is 14.6. The number of hydrogen-bond donors (Lipinski definition) is 1. The van der Waals surface area contributed by atoms with E-state index in [1.165, 1.54) is 25.3 Å². The van der Waals surface area contributed by atoms with E-state index in [4.69, 9.17) is 0 Å². The van der Waals surface area contributed by atoms with E-state index in [0.717, 1.165) is 24.1 Å². The topological polar surface area (TPSA) is 102 Å². The number of nitro benzene ring substituents is 1. The first-order valence-corrected chi connectivity index (χ1v) is 9.60. The number of carbonyl (C=O) groups is 2. The molecule has 1 N–H and O–H groups in total. The van der Waals surface area contributed by atoms with Gasteiger partial charge in [0.25, 0.3) is 5.69 Å². The fraction of sp³-hybridized carbons (Fsp3) is 0.273. The number of carbonyl (C=O) groups excluding carboxylic acids is 2. The molecule has 1 amide bonds. The molecule has 0 unspecified atom stereocenters. The molecule has 8 heteroatoms. The van der Waals surface area contributed by atoms with Crippen LogP contribution < -0.4 is 5.32 Å². The van der Waals surface area contributed by atoms with E-state index in [2.05, 4.69) is 10.1 Å². The Labute approximate surface area is 174 Å². The second kappa shape index (κ2) is 9.69. The van der Waals surface area contributed by atoms with Gasteiger partial charge < -0.3 is 15.0 Å². The quantitative estimate of drug-likeness (QED) is 0.310. The van der Waals surface area contributed by atoms with Crippen molar-refractivity contribution in [1.82, 2.24) is 4.90 Å². The lowest BCUT2D eigenvalue weighted by molar-refractivity contribution is -0.384. The third-order valence-corrected chi connectivity index (χ3v) is 4.85. The van der Waals surface area contributed by atoms with Crippen molar-refractivity contribution in [3.05, 3.63) is 75.3 Å². The van der Waals surface area contributed by atoms with E-state index in [1.54, 1.807) is 12.1 Å². The van der Waals surface area contributed by atoms with Crippen molar-refractivity contribution in [2.75, 3.05) is 19.0 Å². The third-order valence-electron chi connectivity index (χ3n) is 4.85. The van der Waals surface area contributed by atoms with E-state index in [-0.39, 0.29) is 11.6 Å². The number of esters is 1. The van der Waals surface area contributed by atoms with Gasteiger partial charge in [-0.15, -0.1) is 0 Å². The van der Waals surface area contributed by atoms with Crippen LogP contribution in [0.4, 0.5) is 11.4 Å². The Morgan fingerprint density at radius 2 is 2.07 bits per heavy atom. The van der Waals surface area contributed by atoms with Gasteiger partial charge in [0.1, 0.15) is 5.69 Å². The number of likely N-dealkylation sites (tertiary alicyclic amines) is 1. The van der Waals surface area contributed by atoms with Crippen molar-refractivity contribution in [3.8, 4) is 0 Å². The minimum absolute atomic E-state index is 0.0826. The van der Waals surface area contributed by atoms with Crippen LogP contribution in [0.1, 0.15) is 29.5 Å². The maximum atomic E-state index is 11.8. The lowest BCUT2D eigenvalue weighted by Crippen LogP contribution is -2.23. The summed E-state index contributed by atoms with van der Waals surface area (Å²) in [5.41, 5.74) is 2.82. The highest BCUT2D eigenvalue weighted by Gasteiger charge is 2.20. The van der Waals surface area contributed by atoms with Crippen molar-refractivity contribution < 1.29 is 19.2 Å². The summed E-state index contributed by atoms with van der Waals surface area (Å²) in [4.78, 5) is 35.9. The summed E-state index contributed by atoms with van der Waals surface area (Å²) in [6, 6.07) is 12.5. The maximum absolute atomic E-state index is 11.8. The molecule has 0 spiro atoms. The molecular formula is C22H23N3O5. The molecule has 3 rings (SSSR count). The molecule has 0 aromatic heterocycles. The number of hydrogen-bond acceptors (Lipinski definition) is 6. The number of ether oxygens (including phenoxy) is 1. The van der Waals surface area contributed by atoms with E-state index >= 15 is 0 Å². The van der Waals surface area contributed by atoms with Gasteiger partial charge in [-0.3, -0.25) is 14.9 Å². The largest absolute Gasteiger partial charge is 0.466 e. The van der Waals surface area contributed by atoms with Crippen LogP contribution in [0.15, 0.2) is 48.5 Å². The molecule has 8 nitrogen and oxygen atoms in total. The molecule has 0 radical (unpaired) electrons. The summed E-state index contributed by atoms with van der Waals surface area (Å²) < 4.78 is 4.52. The van der Waals surface area contributed by atoms with Gasteiger partial charge in [0, 0.05) is 38.2 Å². The van der Waals surface area contributed by atoms with Crippen LogP contribution in [-0.2, 0) is 27.4 Å². The molecule has 30 heavy (non-hydrogen) atoms. The minimum Gasteiger partial charge on any atom is -0.466 e. The first kappa shape index (κ1) is 21.0. The van der Waals surface area contributed by atoms with Crippen molar-refractivity contribution >= 4 is 29.3 Å². The Hall–Kier alpha value is -3.68. The Balaban J connectivity index is 1.69. The fourth-order valence-corrected chi connectivity index (χ4v) is 3.31. The van der Waals surface area contributed by atoms with Crippen LogP contribution >= 0.6 is 0 Å². The zero-order chi connectivity index (χ0) is 21.5. The van der Waals surface area contributed by atoms with Crippen molar-refractivity contribution in [2.45, 2.75) is 25.9 Å². The van der Waals surface area contributed by atoms with Crippen molar-refractivity contribution in [2.24, 2.45) is 0 Å². The average Bonchev–Trinajstić information content (AvgIpc) is 3.15. The zero-order valence-electron chi connectivity index (χ0n) is 16.7. The molecule has 1 fully saturated rings. The number of benzene rings is 2. The average molecular weight is 409 g/mol. The number of amides is 1. The lowest BCUT2D eigenvalue weighted by Gasteiger charge is -2.16. The molecule has 1 aliphatic rings.